The number of benzene rings is 1. The van der Waals surface area contributed by atoms with E-state index in [9.17, 15) is 14.1 Å². The van der Waals surface area contributed by atoms with Gasteiger partial charge in [-0.05, 0) is 13.0 Å². The summed E-state index contributed by atoms with van der Waals surface area (Å²) in [7, 11) is 1.18. The molecule has 0 heterocycles. The first kappa shape index (κ1) is 10.3. The SMILES string of the molecule is CO[N+](=O)c1ccc(F)c(C(C)=O)c1. The first-order chi connectivity index (χ1) is 6.56. The number of ketones is 1. The van der Waals surface area contributed by atoms with Crippen LogP contribution < -0.4 is 0 Å². The van der Waals surface area contributed by atoms with E-state index in [1.807, 2.05) is 0 Å². The average Bonchev–Trinajstić information content (AvgIpc) is 2.17. The molecule has 5 heteroatoms. The number of Topliss-reactive ketones (excluding diaryl/α,β-unsaturated/α-hetero) is 1. The topological polar surface area (TPSA) is 46.4 Å². The Kier molecular flexibility index (Phi) is 2.91. The highest BCUT2D eigenvalue weighted by Gasteiger charge is 2.18. The Morgan fingerprint density at radius 2 is 2.14 bits per heavy atom. The Morgan fingerprint density at radius 3 is 2.64 bits per heavy atom. The second-order valence-corrected chi connectivity index (χ2v) is 2.66. The molecular formula is C9H9FNO3+. The molecule has 0 radical (unpaired) electrons. The Morgan fingerprint density at radius 1 is 1.50 bits per heavy atom. The van der Waals surface area contributed by atoms with Crippen LogP contribution in [0.4, 0.5) is 10.1 Å². The molecule has 0 fully saturated rings. The minimum atomic E-state index is -0.647. The van der Waals surface area contributed by atoms with Crippen LogP contribution in [-0.2, 0) is 4.84 Å². The van der Waals surface area contributed by atoms with Crippen LogP contribution in [0.1, 0.15) is 17.3 Å². The van der Waals surface area contributed by atoms with Crippen molar-refractivity contribution in [1.82, 2.24) is 0 Å². The van der Waals surface area contributed by atoms with E-state index < -0.39 is 11.6 Å². The van der Waals surface area contributed by atoms with Gasteiger partial charge in [-0.1, -0.05) is 0 Å². The first-order valence-corrected chi connectivity index (χ1v) is 3.88. The molecule has 1 aromatic carbocycles. The van der Waals surface area contributed by atoms with Crippen LogP contribution in [-0.4, -0.2) is 17.8 Å². The lowest BCUT2D eigenvalue weighted by Gasteiger charge is -1.96. The largest absolute Gasteiger partial charge is 0.317 e. The Balaban J connectivity index is 3.19. The molecule has 1 aromatic rings. The van der Waals surface area contributed by atoms with Gasteiger partial charge in [0.1, 0.15) is 5.82 Å². The van der Waals surface area contributed by atoms with Crippen LogP contribution in [0.25, 0.3) is 0 Å². The summed E-state index contributed by atoms with van der Waals surface area (Å²) in [4.78, 5) is 26.4. The highest BCUT2D eigenvalue weighted by atomic mass is 19.1. The smallest absolute Gasteiger partial charge is 0.294 e. The predicted octanol–water partition coefficient (Wildman–Crippen LogP) is 2.00. The van der Waals surface area contributed by atoms with Gasteiger partial charge in [0.25, 0.3) is 4.92 Å². The quantitative estimate of drug-likeness (QED) is 0.551. The Hall–Kier alpha value is -1.78. The third kappa shape index (κ3) is 1.93. The van der Waals surface area contributed by atoms with Gasteiger partial charge in [0.15, 0.2) is 12.9 Å². The zero-order valence-electron chi connectivity index (χ0n) is 7.78. The Bertz CT molecular complexity index is 390. The van der Waals surface area contributed by atoms with Crippen LogP contribution in [0.5, 0.6) is 0 Å². The summed E-state index contributed by atoms with van der Waals surface area (Å²) in [6.45, 7) is 1.23. The van der Waals surface area contributed by atoms with Crippen molar-refractivity contribution in [2.45, 2.75) is 6.92 Å². The van der Waals surface area contributed by atoms with Gasteiger partial charge in [-0.25, -0.2) is 9.23 Å². The van der Waals surface area contributed by atoms with Gasteiger partial charge in [-0.2, -0.15) is 0 Å². The van der Waals surface area contributed by atoms with Crippen molar-refractivity contribution in [1.29, 1.82) is 0 Å². The number of carbonyl (C=O) groups is 1. The van der Waals surface area contributed by atoms with Crippen molar-refractivity contribution in [3.63, 3.8) is 0 Å². The maximum absolute atomic E-state index is 13.0. The Labute approximate surface area is 79.8 Å². The summed E-state index contributed by atoms with van der Waals surface area (Å²) in [5, 5.41) is 0. The third-order valence-corrected chi connectivity index (χ3v) is 1.71. The van der Waals surface area contributed by atoms with E-state index in [1.54, 1.807) is 0 Å². The summed E-state index contributed by atoms with van der Waals surface area (Å²) in [6.07, 6.45) is 0. The second-order valence-electron chi connectivity index (χ2n) is 2.66. The van der Waals surface area contributed by atoms with Crippen LogP contribution in [0, 0.1) is 10.7 Å². The molecule has 0 aliphatic rings. The minimum absolute atomic E-state index is 0.0825. The zero-order chi connectivity index (χ0) is 10.7. The number of nitrogens with zero attached hydrogens (tertiary/aromatic N) is 1. The first-order valence-electron chi connectivity index (χ1n) is 3.88. The van der Waals surface area contributed by atoms with Gasteiger partial charge in [0.05, 0.1) is 10.5 Å². The summed E-state index contributed by atoms with van der Waals surface area (Å²) < 4.78 is 13.0. The standard InChI is InChI=1S/C9H9FNO3/c1-6(12)8-5-7(11(13)14-2)3-4-9(8)10/h3-5H,1-2H3/q+1. The fourth-order valence-corrected chi connectivity index (χ4v) is 1.00. The zero-order valence-corrected chi connectivity index (χ0v) is 7.78. The number of halogens is 1. The monoisotopic (exact) mass is 198 g/mol. The van der Waals surface area contributed by atoms with Crippen LogP contribution in [0.3, 0.4) is 0 Å². The molecule has 74 valence electrons. The van der Waals surface area contributed by atoms with Gasteiger partial charge in [0.2, 0.25) is 0 Å². The van der Waals surface area contributed by atoms with Crippen molar-refractivity contribution < 1.29 is 18.9 Å². The van der Waals surface area contributed by atoms with E-state index >= 15 is 0 Å². The van der Waals surface area contributed by atoms with Gasteiger partial charge in [-0.15, -0.1) is 0 Å². The van der Waals surface area contributed by atoms with E-state index in [2.05, 4.69) is 4.84 Å². The van der Waals surface area contributed by atoms with Crippen molar-refractivity contribution >= 4 is 11.5 Å². The molecule has 4 nitrogen and oxygen atoms in total. The lowest BCUT2D eigenvalue weighted by atomic mass is 10.1. The molecule has 0 atom stereocenters. The summed E-state index contributed by atoms with van der Waals surface area (Å²) in [5.41, 5.74) is -0.0421. The molecule has 0 unspecified atom stereocenters. The molecule has 0 saturated carbocycles. The predicted molar refractivity (Wildman–Crippen MR) is 46.7 cm³/mol. The molecule has 0 amide bonds. The molecule has 0 aliphatic heterocycles. The highest BCUT2D eigenvalue weighted by molar-refractivity contribution is 5.94. The maximum Gasteiger partial charge on any atom is 0.317 e. The summed E-state index contributed by atoms with van der Waals surface area (Å²) in [5.74, 6) is -1.08. The van der Waals surface area contributed by atoms with Crippen LogP contribution in [0.2, 0.25) is 0 Å². The molecule has 0 saturated heterocycles. The average molecular weight is 198 g/mol. The molecule has 0 aliphatic carbocycles. The highest BCUT2D eigenvalue weighted by Crippen LogP contribution is 2.17. The summed E-state index contributed by atoms with van der Waals surface area (Å²) >= 11 is 0. The van der Waals surface area contributed by atoms with Gasteiger partial charge < -0.3 is 0 Å². The number of hydrogen-bond acceptors (Lipinski definition) is 3. The van der Waals surface area contributed by atoms with Gasteiger partial charge in [0, 0.05) is 12.1 Å². The van der Waals surface area contributed by atoms with E-state index in [4.69, 9.17) is 0 Å². The normalized spacial score (nSPS) is 9.64. The lowest BCUT2D eigenvalue weighted by molar-refractivity contribution is -0.736. The van der Waals surface area contributed by atoms with E-state index in [-0.39, 0.29) is 16.2 Å². The number of hydrogen-bond donors (Lipinski definition) is 0. The van der Waals surface area contributed by atoms with Crippen molar-refractivity contribution in [3.05, 3.63) is 34.5 Å². The molecule has 14 heavy (non-hydrogen) atoms. The molecular weight excluding hydrogens is 189 g/mol. The van der Waals surface area contributed by atoms with Crippen molar-refractivity contribution in [2.75, 3.05) is 7.11 Å². The van der Waals surface area contributed by atoms with E-state index in [0.29, 0.717) is 0 Å². The number of rotatable bonds is 3. The lowest BCUT2D eigenvalue weighted by Crippen LogP contribution is -2.02. The number of carbonyl (C=O) groups excluding carboxylic acids is 1. The van der Waals surface area contributed by atoms with Crippen LogP contribution >= 0.6 is 0 Å². The molecule has 0 bridgehead atoms. The second kappa shape index (κ2) is 3.95. The summed E-state index contributed by atoms with van der Waals surface area (Å²) in [6, 6.07) is 3.43. The minimum Gasteiger partial charge on any atom is -0.294 e. The molecule has 1 rings (SSSR count). The third-order valence-electron chi connectivity index (χ3n) is 1.71. The molecule has 0 aromatic heterocycles. The molecule has 0 spiro atoms. The van der Waals surface area contributed by atoms with E-state index in [0.717, 1.165) is 12.1 Å². The fraction of sp³-hybridized carbons (Fsp3) is 0.222. The van der Waals surface area contributed by atoms with Gasteiger partial charge in [-0.3, -0.25) is 4.79 Å². The van der Waals surface area contributed by atoms with Crippen molar-refractivity contribution in [3.8, 4) is 0 Å². The van der Waals surface area contributed by atoms with E-state index in [1.165, 1.54) is 20.1 Å². The van der Waals surface area contributed by atoms with Crippen LogP contribution in [0.15, 0.2) is 18.2 Å². The van der Waals surface area contributed by atoms with Crippen molar-refractivity contribution in [2.24, 2.45) is 0 Å². The fourth-order valence-electron chi connectivity index (χ4n) is 1.00. The maximum atomic E-state index is 13.0. The molecule has 0 N–H and O–H groups in total. The van der Waals surface area contributed by atoms with Gasteiger partial charge >= 0.3 is 5.69 Å².